The van der Waals surface area contributed by atoms with Crippen LogP contribution < -0.4 is 5.73 Å². The van der Waals surface area contributed by atoms with Gasteiger partial charge in [0.05, 0.1) is 11.3 Å². The zero-order valence-corrected chi connectivity index (χ0v) is 7.81. The van der Waals surface area contributed by atoms with Crippen molar-refractivity contribution in [3.63, 3.8) is 0 Å². The summed E-state index contributed by atoms with van der Waals surface area (Å²) in [6.07, 6.45) is 1.31. The average Bonchev–Trinajstić information content (AvgIpc) is 2.03. The summed E-state index contributed by atoms with van der Waals surface area (Å²) in [7, 11) is 0. The molecule has 0 aliphatic heterocycles. The largest absolute Gasteiger partial charge is 0.323 e. The van der Waals surface area contributed by atoms with Crippen molar-refractivity contribution in [3.05, 3.63) is 29.3 Å². The smallest absolute Gasteiger partial charge is 0.147 e. The Balaban J connectivity index is 0.00000144. The van der Waals surface area contributed by atoms with Crippen LogP contribution in [0.4, 0.5) is 4.39 Å². The molecule has 2 N–H and O–H groups in total. The number of pyridine rings is 1. The molecule has 0 aromatic carbocycles. The van der Waals surface area contributed by atoms with Crippen molar-refractivity contribution in [1.82, 2.24) is 4.98 Å². The molecular weight excluding hydrogens is 193 g/mol. The van der Waals surface area contributed by atoms with E-state index in [1.54, 1.807) is 13.0 Å². The van der Waals surface area contributed by atoms with Crippen molar-refractivity contribution in [3.8, 4) is 6.07 Å². The van der Waals surface area contributed by atoms with Crippen LogP contribution in [0.25, 0.3) is 0 Å². The molecular formula is C8H9ClFN3. The molecule has 1 aromatic rings. The molecule has 0 fully saturated rings. The number of rotatable bonds is 1. The number of nitrogens with two attached hydrogens (primary N) is 1. The lowest BCUT2D eigenvalue weighted by Crippen LogP contribution is -2.09. The molecule has 70 valence electrons. The first-order chi connectivity index (χ1) is 5.65. The molecule has 0 amide bonds. The van der Waals surface area contributed by atoms with Crippen molar-refractivity contribution < 1.29 is 4.39 Å². The van der Waals surface area contributed by atoms with E-state index in [9.17, 15) is 4.39 Å². The number of aromatic nitrogens is 1. The average molecular weight is 202 g/mol. The van der Waals surface area contributed by atoms with Gasteiger partial charge in [-0.25, -0.2) is 4.39 Å². The molecule has 0 bridgehead atoms. The third-order valence-electron chi connectivity index (χ3n) is 1.43. The van der Waals surface area contributed by atoms with E-state index in [-0.39, 0.29) is 23.7 Å². The normalized spacial score (nSPS) is 11.2. The Morgan fingerprint density at radius 2 is 2.31 bits per heavy atom. The van der Waals surface area contributed by atoms with E-state index in [2.05, 4.69) is 4.98 Å². The first kappa shape index (κ1) is 11.8. The molecule has 13 heavy (non-hydrogen) atoms. The highest BCUT2D eigenvalue weighted by molar-refractivity contribution is 5.85. The van der Waals surface area contributed by atoms with Gasteiger partial charge < -0.3 is 5.73 Å². The SMILES string of the molecule is C[C@@H](N)c1ncc(C#N)cc1F.Cl. The zero-order chi connectivity index (χ0) is 9.14. The Bertz CT molecular complexity index is 333. The summed E-state index contributed by atoms with van der Waals surface area (Å²) >= 11 is 0. The first-order valence-electron chi connectivity index (χ1n) is 3.46. The van der Waals surface area contributed by atoms with Crippen LogP contribution in [0.5, 0.6) is 0 Å². The molecule has 1 heterocycles. The number of nitriles is 1. The Labute approximate surface area is 81.8 Å². The minimum absolute atomic E-state index is 0. The van der Waals surface area contributed by atoms with E-state index in [0.29, 0.717) is 0 Å². The Morgan fingerprint density at radius 1 is 1.69 bits per heavy atom. The van der Waals surface area contributed by atoms with Crippen molar-refractivity contribution in [1.29, 1.82) is 5.26 Å². The van der Waals surface area contributed by atoms with Crippen LogP contribution in [-0.4, -0.2) is 4.98 Å². The van der Waals surface area contributed by atoms with E-state index in [1.165, 1.54) is 6.20 Å². The summed E-state index contributed by atoms with van der Waals surface area (Å²) in [6, 6.07) is 2.47. The second kappa shape index (κ2) is 4.75. The zero-order valence-electron chi connectivity index (χ0n) is 6.99. The second-order valence-electron chi connectivity index (χ2n) is 2.49. The van der Waals surface area contributed by atoms with Gasteiger partial charge >= 0.3 is 0 Å². The fourth-order valence-corrected chi connectivity index (χ4v) is 0.845. The van der Waals surface area contributed by atoms with Gasteiger partial charge in [-0.1, -0.05) is 0 Å². The predicted octanol–water partition coefficient (Wildman–Crippen LogP) is 1.53. The second-order valence-corrected chi connectivity index (χ2v) is 2.49. The maximum absolute atomic E-state index is 13.0. The van der Waals surface area contributed by atoms with E-state index >= 15 is 0 Å². The van der Waals surface area contributed by atoms with E-state index in [1.807, 2.05) is 0 Å². The molecule has 1 aromatic heterocycles. The monoisotopic (exact) mass is 201 g/mol. The predicted molar refractivity (Wildman–Crippen MR) is 48.8 cm³/mol. The molecule has 0 unspecified atom stereocenters. The van der Waals surface area contributed by atoms with E-state index < -0.39 is 11.9 Å². The van der Waals surface area contributed by atoms with Gasteiger partial charge in [0, 0.05) is 12.2 Å². The van der Waals surface area contributed by atoms with Gasteiger partial charge in [-0.15, -0.1) is 12.4 Å². The van der Waals surface area contributed by atoms with Crippen LogP contribution in [0.1, 0.15) is 24.2 Å². The standard InChI is InChI=1S/C8H8FN3.ClH/c1-5(11)8-7(9)2-6(3-10)4-12-8;/h2,4-5H,11H2,1H3;1H/t5-;/m1./s1. The van der Waals surface area contributed by atoms with Crippen LogP contribution in [-0.2, 0) is 0 Å². The van der Waals surface area contributed by atoms with Crippen molar-refractivity contribution in [2.45, 2.75) is 13.0 Å². The van der Waals surface area contributed by atoms with Gasteiger partial charge in [-0.2, -0.15) is 5.26 Å². The summed E-state index contributed by atoms with van der Waals surface area (Å²) < 4.78 is 13.0. The summed E-state index contributed by atoms with van der Waals surface area (Å²) in [6.45, 7) is 1.64. The fourth-order valence-electron chi connectivity index (χ4n) is 0.845. The van der Waals surface area contributed by atoms with Crippen LogP contribution in [0, 0.1) is 17.1 Å². The van der Waals surface area contributed by atoms with Crippen molar-refractivity contribution in [2.24, 2.45) is 5.73 Å². The lowest BCUT2D eigenvalue weighted by atomic mass is 10.2. The van der Waals surface area contributed by atoms with Crippen LogP contribution in [0.15, 0.2) is 12.3 Å². The number of hydrogen-bond acceptors (Lipinski definition) is 3. The molecule has 0 saturated heterocycles. The molecule has 0 aliphatic carbocycles. The van der Waals surface area contributed by atoms with Gasteiger partial charge in [0.25, 0.3) is 0 Å². The highest BCUT2D eigenvalue weighted by atomic mass is 35.5. The highest BCUT2D eigenvalue weighted by Gasteiger charge is 2.08. The van der Waals surface area contributed by atoms with Crippen LogP contribution >= 0.6 is 12.4 Å². The minimum atomic E-state index is -0.524. The highest BCUT2D eigenvalue weighted by Crippen LogP contribution is 2.11. The van der Waals surface area contributed by atoms with Gasteiger partial charge in [0.1, 0.15) is 11.9 Å². The van der Waals surface area contributed by atoms with Gasteiger partial charge in [0.15, 0.2) is 0 Å². The number of hydrogen-bond donors (Lipinski definition) is 1. The van der Waals surface area contributed by atoms with Crippen LogP contribution in [0.2, 0.25) is 0 Å². The van der Waals surface area contributed by atoms with E-state index in [4.69, 9.17) is 11.0 Å². The minimum Gasteiger partial charge on any atom is -0.323 e. The third kappa shape index (κ3) is 2.65. The topological polar surface area (TPSA) is 62.7 Å². The molecule has 0 spiro atoms. The maximum atomic E-state index is 13.0. The summed E-state index contributed by atoms with van der Waals surface area (Å²) in [4.78, 5) is 3.73. The lowest BCUT2D eigenvalue weighted by Gasteiger charge is -2.04. The fraction of sp³-hybridized carbons (Fsp3) is 0.250. The molecule has 3 nitrogen and oxygen atoms in total. The Kier molecular flexibility index (Phi) is 4.32. The summed E-state index contributed by atoms with van der Waals surface area (Å²) in [5.41, 5.74) is 5.82. The Hall–Kier alpha value is -1.18. The third-order valence-corrected chi connectivity index (χ3v) is 1.43. The quantitative estimate of drug-likeness (QED) is 0.750. The molecule has 1 rings (SSSR count). The van der Waals surface area contributed by atoms with E-state index in [0.717, 1.165) is 6.07 Å². The molecule has 1 atom stereocenters. The van der Waals surface area contributed by atoms with Crippen LogP contribution in [0.3, 0.4) is 0 Å². The van der Waals surface area contributed by atoms with Gasteiger partial charge in [-0.05, 0) is 13.0 Å². The lowest BCUT2D eigenvalue weighted by molar-refractivity contribution is 0.578. The molecule has 0 saturated carbocycles. The Morgan fingerprint density at radius 3 is 2.69 bits per heavy atom. The number of halogens is 2. The molecule has 0 aliphatic rings. The first-order valence-corrected chi connectivity index (χ1v) is 3.46. The molecule has 5 heteroatoms. The van der Waals surface area contributed by atoms with Gasteiger partial charge in [0.2, 0.25) is 0 Å². The molecule has 0 radical (unpaired) electrons. The summed E-state index contributed by atoms with van der Waals surface area (Å²) in [5, 5.41) is 8.40. The number of nitrogens with zero attached hydrogens (tertiary/aromatic N) is 2. The maximum Gasteiger partial charge on any atom is 0.147 e. The van der Waals surface area contributed by atoms with Crippen molar-refractivity contribution in [2.75, 3.05) is 0 Å². The summed E-state index contributed by atoms with van der Waals surface area (Å²) in [5.74, 6) is -0.524. The van der Waals surface area contributed by atoms with Crippen molar-refractivity contribution >= 4 is 12.4 Å². The van der Waals surface area contributed by atoms with Gasteiger partial charge in [-0.3, -0.25) is 4.98 Å².